The number of likely N-dealkylation sites (tertiary alicyclic amines) is 1. The topological polar surface area (TPSA) is 78.3 Å². The van der Waals surface area contributed by atoms with E-state index in [0.29, 0.717) is 37.6 Å². The number of rotatable bonds is 6. The minimum Gasteiger partial charge on any atom is -0.490 e. The maximum absolute atomic E-state index is 12.7. The molecule has 1 fully saturated rings. The lowest BCUT2D eigenvalue weighted by Gasteiger charge is -2.22. The summed E-state index contributed by atoms with van der Waals surface area (Å²) in [5, 5.41) is 2.94. The summed E-state index contributed by atoms with van der Waals surface area (Å²) in [7, 11) is 0. The predicted molar refractivity (Wildman–Crippen MR) is 116 cm³/mol. The lowest BCUT2D eigenvalue weighted by atomic mass is 10.0. The van der Waals surface area contributed by atoms with Crippen LogP contribution >= 0.6 is 0 Å². The molecule has 1 unspecified atom stereocenters. The zero-order chi connectivity index (χ0) is 21.6. The quantitative estimate of drug-likeness (QED) is 0.695. The fourth-order valence-electron chi connectivity index (χ4n) is 4.24. The van der Waals surface area contributed by atoms with E-state index in [1.807, 2.05) is 6.07 Å². The van der Waals surface area contributed by atoms with Crippen LogP contribution in [0.3, 0.4) is 0 Å². The Hall–Kier alpha value is -3.06. The summed E-state index contributed by atoms with van der Waals surface area (Å²) in [6.45, 7) is 4.78. The molecule has 0 spiro atoms. The highest BCUT2D eigenvalue weighted by atomic mass is 16.5. The minimum atomic E-state index is -0.361. The smallest absolute Gasteiger partial charge is 0.338 e. The Morgan fingerprint density at radius 1 is 1.06 bits per heavy atom. The van der Waals surface area contributed by atoms with Crippen molar-refractivity contribution in [2.45, 2.75) is 32.2 Å². The van der Waals surface area contributed by atoms with Gasteiger partial charge in [-0.1, -0.05) is 0 Å². The van der Waals surface area contributed by atoms with Gasteiger partial charge in [0.15, 0.2) is 18.0 Å². The number of benzene rings is 2. The molecule has 2 aliphatic heterocycles. The van der Waals surface area contributed by atoms with Crippen LogP contribution in [0, 0.1) is 0 Å². The van der Waals surface area contributed by atoms with Gasteiger partial charge in [0.25, 0.3) is 5.91 Å². The molecule has 0 bridgehead atoms. The van der Waals surface area contributed by atoms with Crippen molar-refractivity contribution in [1.82, 2.24) is 0 Å². The third-order valence-corrected chi connectivity index (χ3v) is 5.72. The average molecular weight is 426 g/mol. The second-order valence-electron chi connectivity index (χ2n) is 7.88. The van der Waals surface area contributed by atoms with Crippen LogP contribution in [-0.4, -0.2) is 44.8 Å². The van der Waals surface area contributed by atoms with E-state index in [-0.39, 0.29) is 17.9 Å². The van der Waals surface area contributed by atoms with Crippen molar-refractivity contribution in [1.29, 1.82) is 0 Å². The molecule has 4 rings (SSSR count). The Kier molecular flexibility index (Phi) is 6.72. The molecule has 0 aliphatic carbocycles. The maximum atomic E-state index is 12.7. The monoisotopic (exact) mass is 425 g/mol. The third-order valence-electron chi connectivity index (χ3n) is 5.72. The number of amides is 1. The number of anilines is 1. The Morgan fingerprint density at radius 2 is 1.84 bits per heavy atom. The Morgan fingerprint density at radius 3 is 2.61 bits per heavy atom. The van der Waals surface area contributed by atoms with Gasteiger partial charge < -0.3 is 24.4 Å². The third kappa shape index (κ3) is 5.17. The fourth-order valence-corrected chi connectivity index (χ4v) is 4.24. The highest BCUT2D eigenvalue weighted by Gasteiger charge is 2.32. The van der Waals surface area contributed by atoms with Gasteiger partial charge in [0.1, 0.15) is 6.04 Å². The number of hydrogen-bond donors (Lipinski definition) is 2. The van der Waals surface area contributed by atoms with E-state index in [4.69, 9.17) is 14.2 Å². The number of ether oxygens (including phenoxy) is 3. The first-order chi connectivity index (χ1) is 15.1. The molecule has 2 atom stereocenters. The first kappa shape index (κ1) is 21.2. The fraction of sp³-hybridized carbons (Fsp3) is 0.417. The molecule has 0 saturated carbocycles. The molecule has 2 N–H and O–H groups in total. The number of nitrogens with one attached hydrogen (secondary N) is 2. The first-order valence-corrected chi connectivity index (χ1v) is 10.9. The largest absolute Gasteiger partial charge is 0.490 e. The molecular weight excluding hydrogens is 396 g/mol. The predicted octanol–water partition coefficient (Wildman–Crippen LogP) is 2.38. The summed E-state index contributed by atoms with van der Waals surface area (Å²) >= 11 is 0. The first-order valence-electron chi connectivity index (χ1n) is 10.9. The Bertz CT molecular complexity index is 928. The summed E-state index contributed by atoms with van der Waals surface area (Å²) in [6, 6.07) is 13.2. The second-order valence-corrected chi connectivity index (χ2v) is 7.88. The molecule has 0 radical (unpaired) electrons. The molecule has 1 saturated heterocycles. The van der Waals surface area contributed by atoms with Gasteiger partial charge in [-0.05, 0) is 49.4 Å². The van der Waals surface area contributed by atoms with Crippen LogP contribution in [0.15, 0.2) is 42.5 Å². The molecule has 1 amide bonds. The summed E-state index contributed by atoms with van der Waals surface area (Å²) in [6.07, 6.45) is 3.00. The molecular formula is C24H29N2O5+. The molecule has 7 nitrogen and oxygen atoms in total. The van der Waals surface area contributed by atoms with Crippen molar-refractivity contribution < 1.29 is 28.7 Å². The SMILES string of the molecule is CCOC(=O)c1ccc(NC(=O)C[NH+]2CCC[C@H]2c2ccc3c(c2)OCCCO3)cc1. The molecule has 31 heavy (non-hydrogen) atoms. The zero-order valence-corrected chi connectivity index (χ0v) is 17.8. The van der Waals surface area contributed by atoms with Crippen LogP contribution in [0.2, 0.25) is 0 Å². The van der Waals surface area contributed by atoms with E-state index >= 15 is 0 Å². The van der Waals surface area contributed by atoms with Gasteiger partial charge in [-0.2, -0.15) is 0 Å². The molecule has 2 aliphatic rings. The highest BCUT2D eigenvalue weighted by molar-refractivity contribution is 5.93. The average Bonchev–Trinajstić information content (AvgIpc) is 3.09. The summed E-state index contributed by atoms with van der Waals surface area (Å²) in [4.78, 5) is 25.7. The van der Waals surface area contributed by atoms with Crippen molar-refractivity contribution in [2.24, 2.45) is 0 Å². The number of fused-ring (bicyclic) bond motifs is 1. The molecule has 164 valence electrons. The second kappa shape index (κ2) is 9.83. The van der Waals surface area contributed by atoms with Crippen LogP contribution in [-0.2, 0) is 9.53 Å². The standard InChI is InChI=1S/C24H28N2O5/c1-2-29-24(28)17-6-9-19(10-7-17)25-23(27)16-26-12-3-5-20(26)18-8-11-21-22(15-18)31-14-4-13-30-21/h6-11,15,20H,2-5,12-14,16H2,1H3,(H,25,27)/p+1/t20-/m0/s1. The van der Waals surface area contributed by atoms with Crippen LogP contribution in [0.1, 0.15) is 48.1 Å². The van der Waals surface area contributed by atoms with Crippen molar-refractivity contribution in [2.75, 3.05) is 38.2 Å². The van der Waals surface area contributed by atoms with Gasteiger partial charge in [-0.15, -0.1) is 0 Å². The van der Waals surface area contributed by atoms with Crippen molar-refractivity contribution >= 4 is 17.6 Å². The number of esters is 1. The lowest BCUT2D eigenvalue weighted by Crippen LogP contribution is -3.11. The van der Waals surface area contributed by atoms with Gasteiger partial charge >= 0.3 is 5.97 Å². The number of hydrogen-bond acceptors (Lipinski definition) is 5. The Balaban J connectivity index is 1.38. The number of carbonyl (C=O) groups excluding carboxylic acids is 2. The highest BCUT2D eigenvalue weighted by Crippen LogP contribution is 2.33. The van der Waals surface area contributed by atoms with Gasteiger partial charge in [0.2, 0.25) is 0 Å². The lowest BCUT2D eigenvalue weighted by molar-refractivity contribution is -0.910. The molecule has 7 heteroatoms. The van der Waals surface area contributed by atoms with E-state index in [0.717, 1.165) is 37.3 Å². The number of quaternary nitrogens is 1. The number of carbonyl (C=O) groups is 2. The van der Waals surface area contributed by atoms with Crippen LogP contribution < -0.4 is 19.7 Å². The summed E-state index contributed by atoms with van der Waals surface area (Å²) in [5.74, 6) is 1.19. The van der Waals surface area contributed by atoms with Crippen LogP contribution in [0.25, 0.3) is 0 Å². The van der Waals surface area contributed by atoms with Gasteiger partial charge in [0.05, 0.1) is 31.9 Å². The van der Waals surface area contributed by atoms with Crippen LogP contribution in [0.5, 0.6) is 11.5 Å². The van der Waals surface area contributed by atoms with E-state index < -0.39 is 0 Å². The molecule has 2 aromatic carbocycles. The van der Waals surface area contributed by atoms with Gasteiger partial charge in [-0.3, -0.25) is 4.79 Å². The summed E-state index contributed by atoms with van der Waals surface area (Å²) in [5.41, 5.74) is 2.33. The van der Waals surface area contributed by atoms with Gasteiger partial charge in [0, 0.05) is 30.5 Å². The van der Waals surface area contributed by atoms with Crippen molar-refractivity contribution in [3.05, 3.63) is 53.6 Å². The molecule has 2 heterocycles. The maximum Gasteiger partial charge on any atom is 0.338 e. The van der Waals surface area contributed by atoms with Crippen LogP contribution in [0.4, 0.5) is 5.69 Å². The zero-order valence-electron chi connectivity index (χ0n) is 17.8. The van der Waals surface area contributed by atoms with Crippen molar-refractivity contribution in [3.63, 3.8) is 0 Å². The van der Waals surface area contributed by atoms with E-state index in [9.17, 15) is 9.59 Å². The Labute approximate surface area is 182 Å². The van der Waals surface area contributed by atoms with Gasteiger partial charge in [-0.25, -0.2) is 4.79 Å². The van der Waals surface area contributed by atoms with Crippen molar-refractivity contribution in [3.8, 4) is 11.5 Å². The molecule has 0 aromatic heterocycles. The van der Waals surface area contributed by atoms with E-state index in [1.165, 1.54) is 10.5 Å². The normalized spacial score (nSPS) is 20.0. The van der Waals surface area contributed by atoms with E-state index in [2.05, 4.69) is 17.4 Å². The minimum absolute atomic E-state index is 0.0415. The van der Waals surface area contributed by atoms with E-state index in [1.54, 1.807) is 31.2 Å². The molecule has 2 aromatic rings. The summed E-state index contributed by atoms with van der Waals surface area (Å²) < 4.78 is 16.6.